The van der Waals surface area contributed by atoms with Crippen molar-refractivity contribution in [3.63, 3.8) is 0 Å². The second-order valence-corrected chi connectivity index (χ2v) is 6.04. The molecule has 0 N–H and O–H groups in total. The summed E-state index contributed by atoms with van der Waals surface area (Å²) in [6.07, 6.45) is 5.75. The number of nitro benzene ring substituents is 1. The predicted molar refractivity (Wildman–Crippen MR) is 88.1 cm³/mol. The first-order valence-corrected chi connectivity index (χ1v) is 8.05. The number of nitro groups is 1. The van der Waals surface area contributed by atoms with Crippen LogP contribution in [0.3, 0.4) is 0 Å². The topological polar surface area (TPSA) is 70.8 Å². The molecule has 1 heterocycles. The standard InChI is InChI=1S/C18H21NO5/c1-22-16-10-6-13-11-15(24-17(13)18(16)23-2)9-5-12-3-7-14(8-4-12)19(20)21/h3-4,7-8,10,13,15H,5-6,9,11H2,1-2H3. The fraction of sp³-hybridized carbons (Fsp3) is 0.444. The maximum atomic E-state index is 10.7. The average Bonchev–Trinajstić information content (AvgIpc) is 3.02. The first kappa shape index (κ1) is 16.4. The SMILES string of the molecule is COC1=CCC2CC(CCc3ccc([N+](=O)[O-])cc3)OC2=C1OC. The van der Waals surface area contributed by atoms with Crippen molar-refractivity contribution < 1.29 is 19.1 Å². The van der Waals surface area contributed by atoms with Gasteiger partial charge in [-0.2, -0.15) is 0 Å². The van der Waals surface area contributed by atoms with E-state index in [9.17, 15) is 10.1 Å². The Kier molecular flexibility index (Phi) is 4.74. The predicted octanol–water partition coefficient (Wildman–Crippen LogP) is 3.72. The van der Waals surface area contributed by atoms with Gasteiger partial charge in [-0.1, -0.05) is 12.1 Å². The van der Waals surface area contributed by atoms with Crippen LogP contribution in [0.15, 0.2) is 47.6 Å². The quantitative estimate of drug-likeness (QED) is 0.587. The third-order valence-electron chi connectivity index (χ3n) is 4.57. The molecule has 1 fully saturated rings. The Morgan fingerprint density at radius 3 is 2.62 bits per heavy atom. The van der Waals surface area contributed by atoms with Crippen LogP contribution in [0.4, 0.5) is 5.69 Å². The first-order chi connectivity index (χ1) is 11.6. The summed E-state index contributed by atoms with van der Waals surface area (Å²) in [7, 11) is 3.26. The van der Waals surface area contributed by atoms with E-state index in [0.29, 0.717) is 11.7 Å². The third kappa shape index (κ3) is 3.22. The van der Waals surface area contributed by atoms with Crippen molar-refractivity contribution in [3.8, 4) is 0 Å². The maximum absolute atomic E-state index is 10.7. The Labute approximate surface area is 140 Å². The summed E-state index contributed by atoms with van der Waals surface area (Å²) in [4.78, 5) is 10.3. The molecular weight excluding hydrogens is 310 g/mol. The third-order valence-corrected chi connectivity index (χ3v) is 4.57. The van der Waals surface area contributed by atoms with Gasteiger partial charge in [0.1, 0.15) is 5.76 Å². The highest BCUT2D eigenvalue weighted by atomic mass is 16.6. The van der Waals surface area contributed by atoms with Crippen LogP contribution in [-0.2, 0) is 20.6 Å². The highest BCUT2D eigenvalue weighted by molar-refractivity contribution is 5.33. The van der Waals surface area contributed by atoms with Gasteiger partial charge < -0.3 is 14.2 Å². The fourth-order valence-electron chi connectivity index (χ4n) is 3.32. The molecule has 0 spiro atoms. The molecule has 0 aromatic heterocycles. The lowest BCUT2D eigenvalue weighted by molar-refractivity contribution is -0.384. The molecule has 1 saturated heterocycles. The minimum atomic E-state index is -0.381. The van der Waals surface area contributed by atoms with Crippen molar-refractivity contribution >= 4 is 5.69 Å². The number of aryl methyl sites for hydroxylation is 1. The Balaban J connectivity index is 1.61. The van der Waals surface area contributed by atoms with Gasteiger partial charge in [-0.05, 0) is 37.3 Å². The summed E-state index contributed by atoms with van der Waals surface area (Å²) < 4.78 is 16.9. The molecule has 128 valence electrons. The molecule has 0 amide bonds. The highest BCUT2D eigenvalue weighted by Crippen LogP contribution is 2.41. The van der Waals surface area contributed by atoms with Crippen LogP contribution in [-0.4, -0.2) is 25.2 Å². The Hall–Kier alpha value is -2.50. The molecule has 2 atom stereocenters. The van der Waals surface area contributed by atoms with Gasteiger partial charge in [-0.15, -0.1) is 0 Å². The van der Waals surface area contributed by atoms with Crippen molar-refractivity contribution in [3.05, 3.63) is 63.3 Å². The average molecular weight is 331 g/mol. The van der Waals surface area contributed by atoms with E-state index in [4.69, 9.17) is 14.2 Å². The Morgan fingerprint density at radius 2 is 2.00 bits per heavy atom. The van der Waals surface area contributed by atoms with Crippen LogP contribution >= 0.6 is 0 Å². The fourth-order valence-corrected chi connectivity index (χ4v) is 3.32. The van der Waals surface area contributed by atoms with Crippen molar-refractivity contribution in [2.45, 2.75) is 31.8 Å². The molecule has 1 aliphatic carbocycles. The smallest absolute Gasteiger partial charge is 0.269 e. The number of rotatable bonds is 6. The number of nitrogens with zero attached hydrogens (tertiary/aromatic N) is 1. The van der Waals surface area contributed by atoms with Gasteiger partial charge in [0.15, 0.2) is 11.5 Å². The van der Waals surface area contributed by atoms with E-state index in [2.05, 4.69) is 6.08 Å². The number of methoxy groups -OCH3 is 2. The number of hydrogen-bond donors (Lipinski definition) is 0. The first-order valence-electron chi connectivity index (χ1n) is 8.05. The summed E-state index contributed by atoms with van der Waals surface area (Å²) >= 11 is 0. The molecule has 6 heteroatoms. The number of fused-ring (bicyclic) bond motifs is 1. The number of allylic oxidation sites excluding steroid dienone is 2. The zero-order chi connectivity index (χ0) is 17.1. The minimum Gasteiger partial charge on any atom is -0.493 e. The van der Waals surface area contributed by atoms with Gasteiger partial charge >= 0.3 is 0 Å². The van der Waals surface area contributed by atoms with Gasteiger partial charge in [0.25, 0.3) is 5.69 Å². The highest BCUT2D eigenvalue weighted by Gasteiger charge is 2.37. The van der Waals surface area contributed by atoms with E-state index in [1.165, 1.54) is 0 Å². The van der Waals surface area contributed by atoms with Gasteiger partial charge in [0.05, 0.1) is 25.2 Å². The van der Waals surface area contributed by atoms with E-state index < -0.39 is 0 Å². The molecule has 0 radical (unpaired) electrons. The van der Waals surface area contributed by atoms with E-state index in [-0.39, 0.29) is 16.7 Å². The lowest BCUT2D eigenvalue weighted by atomic mass is 9.92. The molecule has 2 unspecified atom stereocenters. The van der Waals surface area contributed by atoms with Crippen molar-refractivity contribution in [1.82, 2.24) is 0 Å². The molecule has 6 nitrogen and oxygen atoms in total. The van der Waals surface area contributed by atoms with Crippen LogP contribution in [0.1, 0.15) is 24.8 Å². The minimum absolute atomic E-state index is 0.120. The van der Waals surface area contributed by atoms with Crippen LogP contribution in [0.25, 0.3) is 0 Å². The molecule has 2 aliphatic rings. The van der Waals surface area contributed by atoms with E-state index in [0.717, 1.165) is 42.8 Å². The largest absolute Gasteiger partial charge is 0.493 e. The zero-order valence-electron chi connectivity index (χ0n) is 13.9. The van der Waals surface area contributed by atoms with Crippen molar-refractivity contribution in [1.29, 1.82) is 0 Å². The van der Waals surface area contributed by atoms with E-state index >= 15 is 0 Å². The van der Waals surface area contributed by atoms with Crippen molar-refractivity contribution in [2.24, 2.45) is 5.92 Å². The molecular formula is C18H21NO5. The van der Waals surface area contributed by atoms with Crippen molar-refractivity contribution in [2.75, 3.05) is 14.2 Å². The molecule has 3 rings (SSSR count). The second kappa shape index (κ2) is 6.95. The molecule has 0 bridgehead atoms. The Bertz CT molecular complexity index is 677. The van der Waals surface area contributed by atoms with Gasteiger partial charge in [0, 0.05) is 18.1 Å². The molecule has 24 heavy (non-hydrogen) atoms. The summed E-state index contributed by atoms with van der Waals surface area (Å²) in [5, 5.41) is 10.7. The number of hydrogen-bond acceptors (Lipinski definition) is 5. The maximum Gasteiger partial charge on any atom is 0.269 e. The summed E-state index contributed by atoms with van der Waals surface area (Å²) in [5.41, 5.74) is 1.20. The lowest BCUT2D eigenvalue weighted by Gasteiger charge is -2.20. The molecule has 1 aromatic carbocycles. The van der Waals surface area contributed by atoms with Crippen LogP contribution < -0.4 is 0 Å². The molecule has 1 aromatic rings. The summed E-state index contributed by atoms with van der Waals surface area (Å²) in [5.74, 6) is 2.68. The summed E-state index contributed by atoms with van der Waals surface area (Å²) in [6.45, 7) is 0. The monoisotopic (exact) mass is 331 g/mol. The van der Waals surface area contributed by atoms with Gasteiger partial charge in [-0.3, -0.25) is 10.1 Å². The number of ether oxygens (including phenoxy) is 3. The van der Waals surface area contributed by atoms with E-state index in [1.54, 1.807) is 26.4 Å². The van der Waals surface area contributed by atoms with Crippen LogP contribution in [0.2, 0.25) is 0 Å². The van der Waals surface area contributed by atoms with Crippen LogP contribution in [0, 0.1) is 16.0 Å². The lowest BCUT2D eigenvalue weighted by Crippen LogP contribution is -2.10. The number of benzene rings is 1. The second-order valence-electron chi connectivity index (χ2n) is 6.04. The molecule has 1 aliphatic heterocycles. The van der Waals surface area contributed by atoms with Gasteiger partial charge in [0.2, 0.25) is 0 Å². The van der Waals surface area contributed by atoms with Crippen LogP contribution in [0.5, 0.6) is 0 Å². The van der Waals surface area contributed by atoms with Gasteiger partial charge in [-0.25, -0.2) is 0 Å². The zero-order valence-corrected chi connectivity index (χ0v) is 13.9. The Morgan fingerprint density at radius 1 is 1.25 bits per heavy atom. The molecule has 0 saturated carbocycles. The number of non-ortho nitro benzene ring substituents is 1. The summed E-state index contributed by atoms with van der Waals surface area (Å²) in [6, 6.07) is 6.71. The van der Waals surface area contributed by atoms with E-state index in [1.807, 2.05) is 12.1 Å². The normalized spacial score (nSPS) is 22.5.